The predicted molar refractivity (Wildman–Crippen MR) is 50.7 cm³/mol. The molecule has 0 spiro atoms. The zero-order valence-electron chi connectivity index (χ0n) is 7.62. The van der Waals surface area contributed by atoms with Crippen molar-refractivity contribution in [3.8, 4) is 0 Å². The lowest BCUT2D eigenvalue weighted by molar-refractivity contribution is 0.494. The minimum absolute atomic E-state index is 0.352. The highest BCUT2D eigenvalue weighted by Gasteiger charge is 2.23. The predicted octanol–water partition coefficient (Wildman–Crippen LogP) is 0.166. The number of aromatic nitrogens is 1. The Balaban J connectivity index is 2.04. The highest BCUT2D eigenvalue weighted by Crippen LogP contribution is 2.19. The molecule has 1 aliphatic heterocycles. The van der Waals surface area contributed by atoms with Gasteiger partial charge in [-0.25, -0.2) is 10.9 Å². The molecule has 2 atom stereocenters. The van der Waals surface area contributed by atoms with E-state index in [1.54, 1.807) is 6.20 Å². The van der Waals surface area contributed by atoms with Crippen molar-refractivity contribution < 1.29 is 0 Å². The molecule has 2 heterocycles. The molecule has 4 heteroatoms. The zero-order valence-corrected chi connectivity index (χ0v) is 7.62. The molecule has 0 saturated carbocycles. The largest absolute Gasteiger partial charge is 0.304 e. The van der Waals surface area contributed by atoms with E-state index in [2.05, 4.69) is 27.2 Å². The van der Waals surface area contributed by atoms with Crippen LogP contribution in [0.4, 0.5) is 0 Å². The second-order valence-electron chi connectivity index (χ2n) is 3.20. The van der Waals surface area contributed by atoms with Gasteiger partial charge in [-0.15, -0.1) is 0 Å². The van der Waals surface area contributed by atoms with E-state index in [0.717, 1.165) is 6.42 Å². The highest BCUT2D eigenvalue weighted by molar-refractivity contribution is 5.15. The van der Waals surface area contributed by atoms with Crippen molar-refractivity contribution >= 4 is 0 Å². The summed E-state index contributed by atoms with van der Waals surface area (Å²) in [7, 11) is 1.95. The summed E-state index contributed by atoms with van der Waals surface area (Å²) in [5.41, 5.74) is 7.62. The first-order valence-corrected chi connectivity index (χ1v) is 4.48. The molecule has 4 nitrogen and oxygen atoms in total. The molecule has 70 valence electrons. The molecule has 13 heavy (non-hydrogen) atoms. The lowest BCUT2D eigenvalue weighted by atomic mass is 10.1. The summed E-state index contributed by atoms with van der Waals surface area (Å²) >= 11 is 0. The summed E-state index contributed by atoms with van der Waals surface area (Å²) < 4.78 is 0. The van der Waals surface area contributed by atoms with Crippen molar-refractivity contribution in [3.63, 3.8) is 0 Å². The van der Waals surface area contributed by atoms with Gasteiger partial charge in [-0.05, 0) is 25.1 Å². The molecule has 0 bridgehead atoms. The average Bonchev–Trinajstić information content (AvgIpc) is 2.67. The number of hydrogen-bond donors (Lipinski definition) is 3. The maximum atomic E-state index is 4.09. The van der Waals surface area contributed by atoms with Gasteiger partial charge in [0.15, 0.2) is 0 Å². The van der Waals surface area contributed by atoms with Gasteiger partial charge in [-0.2, -0.15) is 0 Å². The van der Waals surface area contributed by atoms with Crippen LogP contribution < -0.4 is 16.2 Å². The molecule has 1 fully saturated rings. The van der Waals surface area contributed by atoms with E-state index >= 15 is 0 Å². The minimum atomic E-state index is 0.352. The van der Waals surface area contributed by atoms with Gasteiger partial charge in [0.2, 0.25) is 0 Å². The quantitative estimate of drug-likeness (QED) is 0.604. The SMILES string of the molecule is CNC1CC(c2cccnc2)NN1. The Kier molecular flexibility index (Phi) is 2.54. The van der Waals surface area contributed by atoms with Crippen LogP contribution in [0, 0.1) is 0 Å². The molecule has 1 aromatic heterocycles. The number of hydrogen-bond acceptors (Lipinski definition) is 4. The van der Waals surface area contributed by atoms with Crippen molar-refractivity contribution in [2.45, 2.75) is 18.6 Å². The van der Waals surface area contributed by atoms with Crippen LogP contribution in [-0.4, -0.2) is 18.2 Å². The molecule has 0 aromatic carbocycles. The maximum absolute atomic E-state index is 4.09. The summed E-state index contributed by atoms with van der Waals surface area (Å²) in [6.45, 7) is 0. The van der Waals surface area contributed by atoms with E-state index in [4.69, 9.17) is 0 Å². The molecule has 1 aliphatic rings. The smallest absolute Gasteiger partial charge is 0.0720 e. The van der Waals surface area contributed by atoms with Crippen LogP contribution >= 0.6 is 0 Å². The number of hydrazine groups is 1. The number of pyridine rings is 1. The first-order chi connectivity index (χ1) is 6.40. The van der Waals surface area contributed by atoms with E-state index in [1.807, 2.05) is 19.3 Å². The van der Waals surface area contributed by atoms with Gasteiger partial charge in [0, 0.05) is 12.4 Å². The molecule has 0 radical (unpaired) electrons. The van der Waals surface area contributed by atoms with Crippen molar-refractivity contribution in [2.75, 3.05) is 7.05 Å². The van der Waals surface area contributed by atoms with E-state index in [-0.39, 0.29) is 0 Å². The molecule has 3 N–H and O–H groups in total. The van der Waals surface area contributed by atoms with Crippen LogP contribution in [0.25, 0.3) is 0 Å². The minimum Gasteiger partial charge on any atom is -0.304 e. The molecule has 0 amide bonds. The monoisotopic (exact) mass is 178 g/mol. The van der Waals surface area contributed by atoms with Crippen LogP contribution in [0.5, 0.6) is 0 Å². The molecule has 0 aliphatic carbocycles. The van der Waals surface area contributed by atoms with E-state index in [0.29, 0.717) is 12.2 Å². The number of nitrogens with zero attached hydrogens (tertiary/aromatic N) is 1. The Morgan fingerprint density at radius 1 is 1.54 bits per heavy atom. The van der Waals surface area contributed by atoms with Crippen molar-refractivity contribution in [1.82, 2.24) is 21.2 Å². The van der Waals surface area contributed by atoms with Crippen molar-refractivity contribution in [1.29, 1.82) is 0 Å². The van der Waals surface area contributed by atoms with Gasteiger partial charge in [0.25, 0.3) is 0 Å². The second kappa shape index (κ2) is 3.83. The van der Waals surface area contributed by atoms with Gasteiger partial charge >= 0.3 is 0 Å². The fourth-order valence-corrected chi connectivity index (χ4v) is 1.55. The molecule has 2 rings (SSSR count). The number of nitrogens with one attached hydrogen (secondary N) is 3. The standard InChI is InChI=1S/C9H14N4/c1-10-9-5-8(12-13-9)7-3-2-4-11-6-7/h2-4,6,8-10,12-13H,5H2,1H3. The summed E-state index contributed by atoms with van der Waals surface area (Å²) in [6, 6.07) is 4.42. The van der Waals surface area contributed by atoms with E-state index < -0.39 is 0 Å². The normalized spacial score (nSPS) is 27.8. The van der Waals surface area contributed by atoms with Gasteiger partial charge in [-0.3, -0.25) is 4.98 Å². The molecule has 1 saturated heterocycles. The second-order valence-corrected chi connectivity index (χ2v) is 3.20. The Morgan fingerprint density at radius 2 is 2.46 bits per heavy atom. The van der Waals surface area contributed by atoms with Crippen LogP contribution in [0.1, 0.15) is 18.0 Å². The average molecular weight is 178 g/mol. The molecular formula is C9H14N4. The molecular weight excluding hydrogens is 164 g/mol. The van der Waals surface area contributed by atoms with E-state index in [1.165, 1.54) is 5.56 Å². The molecule has 1 aromatic rings. The lowest BCUT2D eigenvalue weighted by Gasteiger charge is -2.07. The lowest BCUT2D eigenvalue weighted by Crippen LogP contribution is -2.38. The Morgan fingerprint density at radius 3 is 3.08 bits per heavy atom. The Hall–Kier alpha value is -0.970. The maximum Gasteiger partial charge on any atom is 0.0720 e. The topological polar surface area (TPSA) is 49.0 Å². The van der Waals surface area contributed by atoms with Crippen molar-refractivity contribution in [2.24, 2.45) is 0 Å². The van der Waals surface area contributed by atoms with Gasteiger partial charge < -0.3 is 5.32 Å². The fourth-order valence-electron chi connectivity index (χ4n) is 1.55. The summed E-state index contributed by atoms with van der Waals surface area (Å²) in [6.07, 6.45) is 5.09. The third-order valence-corrected chi connectivity index (χ3v) is 2.34. The van der Waals surface area contributed by atoms with Crippen LogP contribution in [0.3, 0.4) is 0 Å². The van der Waals surface area contributed by atoms with Crippen LogP contribution in [0.2, 0.25) is 0 Å². The van der Waals surface area contributed by atoms with Gasteiger partial charge in [0.1, 0.15) is 0 Å². The summed E-state index contributed by atoms with van der Waals surface area (Å²) in [4.78, 5) is 4.09. The first kappa shape index (κ1) is 8.62. The third-order valence-electron chi connectivity index (χ3n) is 2.34. The van der Waals surface area contributed by atoms with Crippen molar-refractivity contribution in [3.05, 3.63) is 30.1 Å². The third kappa shape index (κ3) is 1.85. The van der Waals surface area contributed by atoms with Crippen LogP contribution in [-0.2, 0) is 0 Å². The van der Waals surface area contributed by atoms with Crippen LogP contribution in [0.15, 0.2) is 24.5 Å². The van der Waals surface area contributed by atoms with Gasteiger partial charge in [-0.1, -0.05) is 6.07 Å². The Bertz CT molecular complexity index is 262. The van der Waals surface area contributed by atoms with Gasteiger partial charge in [0.05, 0.1) is 12.2 Å². The summed E-state index contributed by atoms with van der Waals surface area (Å²) in [5.74, 6) is 0. The molecule has 2 unspecified atom stereocenters. The summed E-state index contributed by atoms with van der Waals surface area (Å²) in [5, 5.41) is 3.17. The Labute approximate surface area is 77.7 Å². The first-order valence-electron chi connectivity index (χ1n) is 4.48. The number of rotatable bonds is 2. The fraction of sp³-hybridized carbons (Fsp3) is 0.444. The zero-order chi connectivity index (χ0) is 9.10. The highest BCUT2D eigenvalue weighted by atomic mass is 15.5. The van der Waals surface area contributed by atoms with E-state index in [9.17, 15) is 0 Å².